The molecule has 0 bridgehead atoms. The molecular formula is C25H30N4O4S2. The molecule has 0 fully saturated rings. The number of benzene rings is 2. The van der Waals surface area contributed by atoms with E-state index in [1.165, 1.54) is 22.6 Å². The smallest absolute Gasteiger partial charge is 0.207 e. The Labute approximate surface area is 207 Å². The van der Waals surface area contributed by atoms with Crippen LogP contribution in [0.5, 0.6) is 0 Å². The van der Waals surface area contributed by atoms with Gasteiger partial charge in [0.25, 0.3) is 10.0 Å². The maximum atomic E-state index is 13.4. The zero-order valence-corrected chi connectivity index (χ0v) is 21.9. The first-order chi connectivity index (χ1) is 16.5. The van der Waals surface area contributed by atoms with Gasteiger partial charge in [-0.3, -0.25) is 0 Å². The van der Waals surface area contributed by atoms with Crippen LogP contribution in [-0.2, 0) is 26.5 Å². The highest BCUT2D eigenvalue weighted by Crippen LogP contribution is 2.19. The Balaban J connectivity index is 1.84. The quantitative estimate of drug-likeness (QED) is 0.381. The Hall–Kier alpha value is -3.08. The Bertz CT molecular complexity index is 1420. The number of aromatic nitrogens is 3. The van der Waals surface area contributed by atoms with Gasteiger partial charge in [-0.15, -0.1) is 9.19 Å². The monoisotopic (exact) mass is 514 g/mol. The lowest BCUT2D eigenvalue weighted by atomic mass is 10.2. The van der Waals surface area contributed by atoms with E-state index in [0.717, 1.165) is 20.8 Å². The van der Waals surface area contributed by atoms with E-state index in [0.29, 0.717) is 5.69 Å². The van der Waals surface area contributed by atoms with Gasteiger partial charge >= 0.3 is 0 Å². The van der Waals surface area contributed by atoms with Crippen molar-refractivity contribution >= 4 is 20.0 Å². The van der Waals surface area contributed by atoms with Gasteiger partial charge in [0.15, 0.2) is 0 Å². The summed E-state index contributed by atoms with van der Waals surface area (Å²) in [5.74, 6) is 0. The van der Waals surface area contributed by atoms with E-state index >= 15 is 0 Å². The van der Waals surface area contributed by atoms with Crippen molar-refractivity contribution in [1.29, 1.82) is 0 Å². The number of rotatable bonds is 10. The van der Waals surface area contributed by atoms with Gasteiger partial charge in [-0.25, -0.2) is 8.42 Å². The zero-order chi connectivity index (χ0) is 25.6. The van der Waals surface area contributed by atoms with Crippen LogP contribution >= 0.6 is 0 Å². The number of allylic oxidation sites excluding steroid dienone is 3. The minimum absolute atomic E-state index is 0.105. The Kier molecular flexibility index (Phi) is 8.42. The summed E-state index contributed by atoms with van der Waals surface area (Å²) in [7, 11) is -7.67. The molecule has 0 aliphatic heterocycles. The predicted molar refractivity (Wildman–Crippen MR) is 136 cm³/mol. The van der Waals surface area contributed by atoms with E-state index in [9.17, 15) is 16.8 Å². The molecule has 0 unspecified atom stereocenters. The molecule has 35 heavy (non-hydrogen) atoms. The second-order valence-electron chi connectivity index (χ2n) is 8.34. The molecule has 0 saturated carbocycles. The highest BCUT2D eigenvalue weighted by atomic mass is 32.2. The molecule has 0 aliphatic carbocycles. The lowest BCUT2D eigenvalue weighted by Crippen LogP contribution is -2.34. The fourth-order valence-electron chi connectivity index (χ4n) is 3.31. The third kappa shape index (κ3) is 6.53. The molecule has 2 aromatic carbocycles. The van der Waals surface area contributed by atoms with Gasteiger partial charge in [0.05, 0.1) is 21.7 Å². The second kappa shape index (κ2) is 11.1. The average molecular weight is 515 g/mol. The van der Waals surface area contributed by atoms with Gasteiger partial charge < -0.3 is 0 Å². The number of hydrogen-bond donors (Lipinski definition) is 0. The molecule has 186 valence electrons. The van der Waals surface area contributed by atoms with Gasteiger partial charge in [-0.05, 0) is 52.0 Å². The van der Waals surface area contributed by atoms with Crippen molar-refractivity contribution in [1.82, 2.24) is 18.7 Å². The molecule has 1 heterocycles. The first-order valence-electron chi connectivity index (χ1n) is 11.1. The normalized spacial score (nSPS) is 13.1. The molecule has 0 amide bonds. The SMILES string of the molecule is C/C=C/C=C(\C)CN(CCc1cn(S(=O)(=O)c2ccc(C)cc2)nn1)S(=O)(=O)c1ccc(C)cc1. The summed E-state index contributed by atoms with van der Waals surface area (Å²) in [6, 6.07) is 13.2. The fourth-order valence-corrected chi connectivity index (χ4v) is 5.88. The van der Waals surface area contributed by atoms with Gasteiger partial charge in [0, 0.05) is 19.5 Å². The molecular weight excluding hydrogens is 484 g/mol. The minimum Gasteiger partial charge on any atom is -0.207 e. The molecule has 0 aliphatic rings. The van der Waals surface area contributed by atoms with Crippen LogP contribution in [0.3, 0.4) is 0 Å². The summed E-state index contributed by atoms with van der Waals surface area (Å²) in [5, 5.41) is 7.77. The van der Waals surface area contributed by atoms with Crippen molar-refractivity contribution in [3.63, 3.8) is 0 Å². The lowest BCUT2D eigenvalue weighted by molar-refractivity contribution is 0.436. The van der Waals surface area contributed by atoms with Crippen molar-refractivity contribution in [2.24, 2.45) is 0 Å². The van der Waals surface area contributed by atoms with Crippen LogP contribution in [0, 0.1) is 13.8 Å². The molecule has 1 aromatic heterocycles. The van der Waals surface area contributed by atoms with Crippen LogP contribution in [0.1, 0.15) is 30.7 Å². The topological polar surface area (TPSA) is 102 Å². The van der Waals surface area contributed by atoms with Crippen LogP contribution in [0.4, 0.5) is 0 Å². The summed E-state index contributed by atoms with van der Waals surface area (Å²) >= 11 is 0. The molecule has 0 saturated heterocycles. The van der Waals surface area contributed by atoms with Gasteiger partial charge in [0.1, 0.15) is 0 Å². The number of hydrogen-bond acceptors (Lipinski definition) is 6. The van der Waals surface area contributed by atoms with E-state index in [4.69, 9.17) is 0 Å². The van der Waals surface area contributed by atoms with Crippen molar-refractivity contribution < 1.29 is 16.8 Å². The van der Waals surface area contributed by atoms with Crippen LogP contribution in [0.25, 0.3) is 0 Å². The van der Waals surface area contributed by atoms with Crippen LogP contribution in [0.15, 0.2) is 88.3 Å². The van der Waals surface area contributed by atoms with Crippen LogP contribution < -0.4 is 0 Å². The van der Waals surface area contributed by atoms with Crippen molar-refractivity contribution in [2.45, 2.75) is 43.9 Å². The molecule has 8 nitrogen and oxygen atoms in total. The van der Waals surface area contributed by atoms with Crippen molar-refractivity contribution in [2.75, 3.05) is 13.1 Å². The molecule has 0 atom stereocenters. The average Bonchev–Trinajstić information content (AvgIpc) is 3.31. The van der Waals surface area contributed by atoms with Gasteiger partial charge in [-0.2, -0.15) is 12.7 Å². The molecule has 3 aromatic rings. The van der Waals surface area contributed by atoms with Gasteiger partial charge in [0.2, 0.25) is 10.0 Å². The minimum atomic E-state index is -3.88. The summed E-state index contributed by atoms with van der Waals surface area (Å²) in [6.45, 7) is 7.82. The highest BCUT2D eigenvalue weighted by Gasteiger charge is 2.25. The van der Waals surface area contributed by atoms with Crippen molar-refractivity contribution in [3.8, 4) is 0 Å². The molecule has 10 heteroatoms. The van der Waals surface area contributed by atoms with E-state index in [1.54, 1.807) is 36.4 Å². The van der Waals surface area contributed by atoms with Crippen LogP contribution in [0.2, 0.25) is 0 Å². The number of nitrogens with zero attached hydrogens (tertiary/aromatic N) is 4. The maximum Gasteiger partial charge on any atom is 0.284 e. The molecule has 3 rings (SSSR count). The maximum absolute atomic E-state index is 13.4. The Morgan fingerprint density at radius 2 is 1.51 bits per heavy atom. The Morgan fingerprint density at radius 3 is 2.09 bits per heavy atom. The first kappa shape index (κ1) is 26.5. The fraction of sp³-hybridized carbons (Fsp3) is 0.280. The molecule has 0 spiro atoms. The van der Waals surface area contributed by atoms with E-state index in [1.807, 2.05) is 45.9 Å². The van der Waals surface area contributed by atoms with Crippen molar-refractivity contribution in [3.05, 3.63) is 95.3 Å². The second-order valence-corrected chi connectivity index (χ2v) is 12.1. The largest absolute Gasteiger partial charge is 0.284 e. The summed E-state index contributed by atoms with van der Waals surface area (Å²) in [5.41, 5.74) is 3.15. The van der Waals surface area contributed by atoms with E-state index in [-0.39, 0.29) is 29.3 Å². The van der Waals surface area contributed by atoms with E-state index < -0.39 is 20.0 Å². The highest BCUT2D eigenvalue weighted by molar-refractivity contribution is 7.90. The lowest BCUT2D eigenvalue weighted by Gasteiger charge is -2.22. The molecule has 0 N–H and O–H groups in total. The summed E-state index contributed by atoms with van der Waals surface area (Å²) in [4.78, 5) is 0.306. The van der Waals surface area contributed by atoms with E-state index in [2.05, 4.69) is 10.3 Å². The third-order valence-electron chi connectivity index (χ3n) is 5.36. The number of aryl methyl sites for hydroxylation is 2. The molecule has 0 radical (unpaired) electrons. The number of sulfonamides is 1. The first-order valence-corrected chi connectivity index (χ1v) is 14.0. The predicted octanol–water partition coefficient (Wildman–Crippen LogP) is 3.89. The summed E-state index contributed by atoms with van der Waals surface area (Å²) in [6.07, 6.45) is 7.12. The summed E-state index contributed by atoms with van der Waals surface area (Å²) < 4.78 is 54.7. The Morgan fingerprint density at radius 1 is 0.943 bits per heavy atom. The standard InChI is InChI=1S/C25H30N4O4S2/c1-5-6-7-22(4)18-28(34(30,31)24-12-8-20(2)9-13-24)17-16-23-19-29(27-26-23)35(32,33)25-14-10-21(3)11-15-25/h5-15,19H,16-18H2,1-4H3/b6-5+,22-7+. The van der Waals surface area contributed by atoms with Crippen LogP contribution in [-0.4, -0.2) is 48.6 Å². The zero-order valence-electron chi connectivity index (χ0n) is 20.3. The van der Waals surface area contributed by atoms with Gasteiger partial charge in [-0.1, -0.05) is 64.4 Å². The third-order valence-corrected chi connectivity index (χ3v) is 8.76.